The zero-order chi connectivity index (χ0) is 17.4. The summed E-state index contributed by atoms with van der Waals surface area (Å²) in [5.41, 5.74) is 1.90. The van der Waals surface area contributed by atoms with Crippen LogP contribution in [0.25, 0.3) is 11.0 Å². The topological polar surface area (TPSA) is 70.5 Å². The van der Waals surface area contributed by atoms with Gasteiger partial charge in [-0.15, -0.1) is 0 Å². The molecule has 25 heavy (non-hydrogen) atoms. The van der Waals surface area contributed by atoms with Crippen LogP contribution in [0, 0.1) is 6.92 Å². The minimum atomic E-state index is -0.00394. The monoisotopic (exact) mass is 341 g/mol. The van der Waals surface area contributed by atoms with E-state index in [0.717, 1.165) is 42.8 Å². The number of piperidine rings is 1. The van der Waals surface area contributed by atoms with Gasteiger partial charge in [0.2, 0.25) is 5.91 Å². The van der Waals surface area contributed by atoms with Crippen molar-refractivity contribution in [2.24, 2.45) is 0 Å². The summed E-state index contributed by atoms with van der Waals surface area (Å²) in [6.07, 6.45) is 1.90. The number of rotatable bonds is 3. The number of urea groups is 1. The Morgan fingerprint density at radius 1 is 1.32 bits per heavy atom. The Bertz CT molecular complexity index is 815. The molecule has 2 saturated heterocycles. The van der Waals surface area contributed by atoms with Crippen molar-refractivity contribution in [2.45, 2.75) is 32.4 Å². The number of likely N-dealkylation sites (tertiary alicyclic amines) is 1. The first-order valence-corrected chi connectivity index (χ1v) is 8.87. The number of hydrogen-bond acceptors (Lipinski definition) is 3. The Labute approximate surface area is 146 Å². The van der Waals surface area contributed by atoms with Crippen molar-refractivity contribution in [3.8, 4) is 0 Å². The molecule has 1 aromatic carbocycles. The van der Waals surface area contributed by atoms with Crippen molar-refractivity contribution in [1.29, 1.82) is 0 Å². The molecule has 0 spiro atoms. The first-order chi connectivity index (χ1) is 12.1. The molecule has 2 aromatic rings. The number of amides is 3. The van der Waals surface area contributed by atoms with Gasteiger partial charge in [-0.25, -0.2) is 9.78 Å². The molecule has 1 atom stereocenters. The molecule has 7 nitrogen and oxygen atoms in total. The third-order valence-electron chi connectivity index (χ3n) is 5.22. The maximum atomic E-state index is 12.9. The molecule has 0 bridgehead atoms. The molecule has 132 valence electrons. The molecule has 2 aliphatic heterocycles. The molecular formula is C18H23N5O2. The highest BCUT2D eigenvalue weighted by Crippen LogP contribution is 2.20. The van der Waals surface area contributed by atoms with Crippen molar-refractivity contribution in [2.75, 3.05) is 26.2 Å². The number of carbonyl (C=O) groups excluding carboxylic acids is 2. The van der Waals surface area contributed by atoms with E-state index in [2.05, 4.69) is 10.3 Å². The average Bonchev–Trinajstić information content (AvgIpc) is 3.18. The van der Waals surface area contributed by atoms with Gasteiger partial charge in [-0.2, -0.15) is 0 Å². The molecule has 0 unspecified atom stereocenters. The number of fused-ring (bicyclic) bond motifs is 1. The molecule has 1 N–H and O–H groups in total. The van der Waals surface area contributed by atoms with E-state index in [1.165, 1.54) is 0 Å². The number of aryl methyl sites for hydroxylation is 1. The van der Waals surface area contributed by atoms with Crippen LogP contribution in [0.3, 0.4) is 0 Å². The highest BCUT2D eigenvalue weighted by molar-refractivity contribution is 5.81. The lowest BCUT2D eigenvalue weighted by Gasteiger charge is -2.37. The lowest BCUT2D eigenvalue weighted by molar-refractivity contribution is -0.133. The first-order valence-electron chi connectivity index (χ1n) is 8.87. The van der Waals surface area contributed by atoms with Gasteiger partial charge >= 0.3 is 6.03 Å². The number of aromatic nitrogens is 2. The second-order valence-corrected chi connectivity index (χ2v) is 6.80. The summed E-state index contributed by atoms with van der Waals surface area (Å²) < 4.78 is 1.98. The Kier molecular flexibility index (Phi) is 4.07. The molecule has 1 aromatic heterocycles. The summed E-state index contributed by atoms with van der Waals surface area (Å²) >= 11 is 0. The highest BCUT2D eigenvalue weighted by atomic mass is 16.2. The van der Waals surface area contributed by atoms with Crippen LogP contribution in [-0.2, 0) is 11.3 Å². The summed E-state index contributed by atoms with van der Waals surface area (Å²) in [4.78, 5) is 33.1. The molecule has 2 aliphatic rings. The molecule has 0 aliphatic carbocycles. The van der Waals surface area contributed by atoms with E-state index in [-0.39, 0.29) is 18.0 Å². The summed E-state index contributed by atoms with van der Waals surface area (Å²) in [5, 5.41) is 2.85. The highest BCUT2D eigenvalue weighted by Gasteiger charge is 2.32. The lowest BCUT2D eigenvalue weighted by Crippen LogP contribution is -2.51. The molecule has 4 rings (SSSR count). The van der Waals surface area contributed by atoms with Gasteiger partial charge in [-0.1, -0.05) is 12.1 Å². The minimum Gasteiger partial charge on any atom is -0.339 e. The van der Waals surface area contributed by atoms with E-state index in [0.29, 0.717) is 19.6 Å². The fourth-order valence-corrected chi connectivity index (χ4v) is 3.90. The Morgan fingerprint density at radius 2 is 2.16 bits per heavy atom. The van der Waals surface area contributed by atoms with Gasteiger partial charge < -0.3 is 19.7 Å². The number of nitrogens with zero attached hydrogens (tertiary/aromatic N) is 4. The molecule has 0 radical (unpaired) electrons. The largest absolute Gasteiger partial charge is 0.339 e. The number of nitrogens with one attached hydrogen (secondary N) is 1. The SMILES string of the molecule is Cc1nc2ccccc2n1CC(=O)N1CCC[C@H](N2CCNC2=O)C1. The zero-order valence-electron chi connectivity index (χ0n) is 14.4. The van der Waals surface area contributed by atoms with Gasteiger partial charge in [0.1, 0.15) is 12.4 Å². The predicted octanol–water partition coefficient (Wildman–Crippen LogP) is 1.36. The number of carbonyl (C=O) groups is 2. The van der Waals surface area contributed by atoms with E-state index in [9.17, 15) is 9.59 Å². The second kappa shape index (κ2) is 6.38. The molecule has 0 saturated carbocycles. The molecule has 7 heteroatoms. The maximum absolute atomic E-state index is 12.9. The summed E-state index contributed by atoms with van der Waals surface area (Å²) in [6.45, 7) is 5.04. The van der Waals surface area contributed by atoms with Crippen molar-refractivity contribution < 1.29 is 9.59 Å². The summed E-state index contributed by atoms with van der Waals surface area (Å²) in [5.74, 6) is 0.942. The quantitative estimate of drug-likeness (QED) is 0.916. The summed E-state index contributed by atoms with van der Waals surface area (Å²) in [6, 6.07) is 8.00. The van der Waals surface area contributed by atoms with Crippen LogP contribution in [0.5, 0.6) is 0 Å². The number of benzene rings is 1. The van der Waals surface area contributed by atoms with Gasteiger partial charge in [0.05, 0.1) is 17.1 Å². The van der Waals surface area contributed by atoms with Gasteiger partial charge in [0, 0.05) is 26.2 Å². The van der Waals surface area contributed by atoms with Crippen LogP contribution in [0.4, 0.5) is 4.79 Å². The van der Waals surface area contributed by atoms with E-state index in [1.807, 2.05) is 45.6 Å². The standard InChI is InChI=1S/C18H23N5O2/c1-13-20-15-6-2-3-7-16(15)23(13)12-17(24)21-9-4-5-14(11-21)22-10-8-19-18(22)25/h2-3,6-7,14H,4-5,8-12H2,1H3,(H,19,25)/t14-/m0/s1. The minimum absolute atomic E-state index is 0.00394. The molecular weight excluding hydrogens is 318 g/mol. The Balaban J connectivity index is 1.48. The number of para-hydroxylation sites is 2. The van der Waals surface area contributed by atoms with Crippen LogP contribution < -0.4 is 5.32 Å². The summed E-state index contributed by atoms with van der Waals surface area (Å²) in [7, 11) is 0. The van der Waals surface area contributed by atoms with Gasteiger partial charge in [-0.3, -0.25) is 4.79 Å². The van der Waals surface area contributed by atoms with Crippen molar-refractivity contribution >= 4 is 23.0 Å². The fraction of sp³-hybridized carbons (Fsp3) is 0.500. The lowest BCUT2D eigenvalue weighted by atomic mass is 10.0. The third-order valence-corrected chi connectivity index (χ3v) is 5.22. The molecule has 2 fully saturated rings. The van der Waals surface area contributed by atoms with E-state index in [1.54, 1.807) is 0 Å². The van der Waals surface area contributed by atoms with E-state index in [4.69, 9.17) is 0 Å². The smallest absolute Gasteiger partial charge is 0.317 e. The maximum Gasteiger partial charge on any atom is 0.317 e. The second-order valence-electron chi connectivity index (χ2n) is 6.80. The first kappa shape index (κ1) is 15.9. The van der Waals surface area contributed by atoms with Crippen LogP contribution in [0.2, 0.25) is 0 Å². The van der Waals surface area contributed by atoms with Gasteiger partial charge in [0.15, 0.2) is 0 Å². The van der Waals surface area contributed by atoms with Crippen molar-refractivity contribution in [3.63, 3.8) is 0 Å². The van der Waals surface area contributed by atoms with Gasteiger partial charge in [-0.05, 0) is 31.9 Å². The normalized spacial score (nSPS) is 21.0. The van der Waals surface area contributed by atoms with Gasteiger partial charge in [0.25, 0.3) is 0 Å². The van der Waals surface area contributed by atoms with Crippen LogP contribution in [-0.4, -0.2) is 63.5 Å². The third kappa shape index (κ3) is 2.94. The zero-order valence-corrected chi connectivity index (χ0v) is 14.4. The molecule has 3 heterocycles. The average molecular weight is 341 g/mol. The Hall–Kier alpha value is -2.57. The number of imidazole rings is 1. The van der Waals surface area contributed by atoms with E-state index >= 15 is 0 Å². The van der Waals surface area contributed by atoms with Crippen molar-refractivity contribution in [3.05, 3.63) is 30.1 Å². The fourth-order valence-electron chi connectivity index (χ4n) is 3.90. The van der Waals surface area contributed by atoms with Crippen molar-refractivity contribution in [1.82, 2.24) is 24.7 Å². The van der Waals surface area contributed by atoms with Crippen LogP contribution in [0.1, 0.15) is 18.7 Å². The molecule has 3 amide bonds. The predicted molar refractivity (Wildman–Crippen MR) is 94.2 cm³/mol. The Morgan fingerprint density at radius 3 is 2.96 bits per heavy atom. The van der Waals surface area contributed by atoms with Crippen LogP contribution in [0.15, 0.2) is 24.3 Å². The number of hydrogen-bond donors (Lipinski definition) is 1. The van der Waals surface area contributed by atoms with Crippen LogP contribution >= 0.6 is 0 Å². The van der Waals surface area contributed by atoms with E-state index < -0.39 is 0 Å².